The van der Waals surface area contributed by atoms with E-state index < -0.39 is 0 Å². The van der Waals surface area contributed by atoms with E-state index in [9.17, 15) is 4.79 Å². The average Bonchev–Trinajstić information content (AvgIpc) is 3.16. The molecular weight excluding hydrogens is 308 g/mol. The van der Waals surface area contributed by atoms with Gasteiger partial charge in [-0.15, -0.1) is 11.3 Å². The van der Waals surface area contributed by atoms with Crippen LogP contribution in [0.2, 0.25) is 0 Å². The summed E-state index contributed by atoms with van der Waals surface area (Å²) in [4.78, 5) is 25.3. The van der Waals surface area contributed by atoms with Crippen LogP contribution >= 0.6 is 11.3 Å². The number of aryl methyl sites for hydroxylation is 2. The molecule has 1 aliphatic rings. The summed E-state index contributed by atoms with van der Waals surface area (Å²) < 4.78 is 2.47. The number of nitrogens with zero attached hydrogens (tertiary/aromatic N) is 4. The van der Waals surface area contributed by atoms with Crippen LogP contribution in [-0.2, 0) is 6.54 Å². The fraction of sp³-hybridized carbons (Fsp3) is 0.471. The lowest BCUT2D eigenvalue weighted by Gasteiger charge is -2.14. The number of thiophene rings is 1. The van der Waals surface area contributed by atoms with E-state index in [0.29, 0.717) is 6.54 Å². The minimum absolute atomic E-state index is 0.0625. The summed E-state index contributed by atoms with van der Waals surface area (Å²) in [5.74, 6) is 0. The monoisotopic (exact) mass is 328 g/mol. The zero-order valence-corrected chi connectivity index (χ0v) is 14.3. The van der Waals surface area contributed by atoms with Gasteiger partial charge in [-0.05, 0) is 51.4 Å². The van der Waals surface area contributed by atoms with Crippen LogP contribution in [0.15, 0.2) is 17.2 Å². The highest BCUT2D eigenvalue weighted by Gasteiger charge is 2.15. The van der Waals surface area contributed by atoms with Crippen molar-refractivity contribution in [2.45, 2.75) is 33.2 Å². The summed E-state index contributed by atoms with van der Waals surface area (Å²) in [7, 11) is 0. The van der Waals surface area contributed by atoms with E-state index in [-0.39, 0.29) is 5.56 Å². The first-order valence-corrected chi connectivity index (χ1v) is 8.93. The average molecular weight is 328 g/mol. The van der Waals surface area contributed by atoms with Gasteiger partial charge >= 0.3 is 0 Å². The molecule has 120 valence electrons. The lowest BCUT2D eigenvalue weighted by Crippen LogP contribution is -2.29. The normalized spacial score (nSPS) is 15.9. The van der Waals surface area contributed by atoms with Crippen molar-refractivity contribution in [2.24, 2.45) is 0 Å². The maximum Gasteiger partial charge on any atom is 0.271 e. The second-order valence-corrected chi connectivity index (χ2v) is 7.31. The van der Waals surface area contributed by atoms with Gasteiger partial charge < -0.3 is 4.90 Å². The van der Waals surface area contributed by atoms with E-state index in [0.717, 1.165) is 51.3 Å². The van der Waals surface area contributed by atoms with E-state index in [1.54, 1.807) is 10.9 Å². The van der Waals surface area contributed by atoms with Crippen LogP contribution in [0.4, 0.5) is 0 Å². The van der Waals surface area contributed by atoms with Crippen LogP contribution in [0.3, 0.4) is 0 Å². The highest BCUT2D eigenvalue weighted by atomic mass is 32.1. The van der Waals surface area contributed by atoms with Crippen molar-refractivity contribution >= 4 is 31.8 Å². The Kier molecular flexibility index (Phi) is 3.66. The third kappa shape index (κ3) is 2.56. The number of likely N-dealkylation sites (tertiary alicyclic amines) is 1. The van der Waals surface area contributed by atoms with Crippen LogP contribution in [0, 0.1) is 13.8 Å². The van der Waals surface area contributed by atoms with Gasteiger partial charge in [0, 0.05) is 24.2 Å². The molecule has 0 unspecified atom stereocenters. The van der Waals surface area contributed by atoms with Crippen molar-refractivity contribution in [3.05, 3.63) is 34.0 Å². The van der Waals surface area contributed by atoms with Gasteiger partial charge in [0.15, 0.2) is 0 Å². The molecular formula is C17H20N4OS. The number of aromatic nitrogens is 3. The number of fused-ring (bicyclic) bond motifs is 3. The number of hydrogen-bond donors (Lipinski definition) is 0. The zero-order chi connectivity index (χ0) is 16.0. The Balaban J connectivity index is 1.75. The van der Waals surface area contributed by atoms with Gasteiger partial charge in [0.2, 0.25) is 0 Å². The molecule has 1 fully saturated rings. The lowest BCUT2D eigenvalue weighted by molar-refractivity contribution is 0.320. The van der Waals surface area contributed by atoms with Crippen LogP contribution in [-0.4, -0.2) is 39.1 Å². The fourth-order valence-corrected chi connectivity index (χ4v) is 4.30. The van der Waals surface area contributed by atoms with Crippen LogP contribution in [0.5, 0.6) is 0 Å². The van der Waals surface area contributed by atoms with Crippen LogP contribution < -0.4 is 5.56 Å². The van der Waals surface area contributed by atoms with E-state index >= 15 is 0 Å². The predicted molar refractivity (Wildman–Crippen MR) is 94.3 cm³/mol. The predicted octanol–water partition coefficient (Wildman–Crippen LogP) is 2.72. The molecule has 0 atom stereocenters. The Morgan fingerprint density at radius 2 is 2.00 bits per heavy atom. The van der Waals surface area contributed by atoms with E-state index in [1.165, 1.54) is 24.2 Å². The van der Waals surface area contributed by atoms with Crippen molar-refractivity contribution in [1.82, 2.24) is 19.4 Å². The highest BCUT2D eigenvalue weighted by Crippen LogP contribution is 2.30. The SMILES string of the molecule is Cc1cc2c(nc1C)sc1c(=O)n(CCN3CCCC3)cnc12. The molecule has 4 heterocycles. The van der Waals surface area contributed by atoms with E-state index in [1.807, 2.05) is 13.8 Å². The first kappa shape index (κ1) is 14.8. The Labute approximate surface area is 138 Å². The molecule has 0 radical (unpaired) electrons. The van der Waals surface area contributed by atoms with Gasteiger partial charge in [-0.2, -0.15) is 0 Å². The Morgan fingerprint density at radius 3 is 2.78 bits per heavy atom. The maximum atomic E-state index is 12.8. The molecule has 6 heteroatoms. The summed E-state index contributed by atoms with van der Waals surface area (Å²) in [5.41, 5.74) is 3.01. The van der Waals surface area contributed by atoms with Crippen LogP contribution in [0.25, 0.3) is 20.4 Å². The maximum absolute atomic E-state index is 12.8. The first-order valence-electron chi connectivity index (χ1n) is 8.12. The fourth-order valence-electron chi connectivity index (χ4n) is 3.20. The van der Waals surface area contributed by atoms with Gasteiger partial charge in [0.25, 0.3) is 5.56 Å². The third-order valence-electron chi connectivity index (χ3n) is 4.74. The summed E-state index contributed by atoms with van der Waals surface area (Å²) in [6.45, 7) is 7.98. The molecule has 0 saturated carbocycles. The topological polar surface area (TPSA) is 51.0 Å². The minimum atomic E-state index is 0.0625. The molecule has 4 rings (SSSR count). The summed E-state index contributed by atoms with van der Waals surface area (Å²) in [6, 6.07) is 2.09. The number of hydrogen-bond acceptors (Lipinski definition) is 5. The largest absolute Gasteiger partial charge is 0.302 e. The van der Waals surface area contributed by atoms with Crippen molar-refractivity contribution < 1.29 is 0 Å². The quantitative estimate of drug-likeness (QED) is 0.742. The molecule has 0 bridgehead atoms. The number of pyridine rings is 1. The van der Waals surface area contributed by atoms with E-state index in [4.69, 9.17) is 0 Å². The molecule has 3 aromatic rings. The van der Waals surface area contributed by atoms with Crippen molar-refractivity contribution in [2.75, 3.05) is 19.6 Å². The molecule has 23 heavy (non-hydrogen) atoms. The number of rotatable bonds is 3. The van der Waals surface area contributed by atoms with Gasteiger partial charge in [0.1, 0.15) is 9.53 Å². The first-order chi connectivity index (χ1) is 11.1. The van der Waals surface area contributed by atoms with Crippen molar-refractivity contribution in [3.63, 3.8) is 0 Å². The van der Waals surface area contributed by atoms with Crippen molar-refractivity contribution in [3.8, 4) is 0 Å². The molecule has 3 aromatic heterocycles. The molecule has 1 saturated heterocycles. The molecule has 5 nitrogen and oxygen atoms in total. The Bertz CT molecular complexity index is 937. The van der Waals surface area contributed by atoms with E-state index in [2.05, 4.69) is 20.9 Å². The molecule has 0 N–H and O–H groups in total. The Hall–Kier alpha value is -1.79. The van der Waals surface area contributed by atoms with Gasteiger partial charge in [-0.25, -0.2) is 9.97 Å². The lowest BCUT2D eigenvalue weighted by atomic mass is 10.2. The zero-order valence-electron chi connectivity index (χ0n) is 13.5. The summed E-state index contributed by atoms with van der Waals surface area (Å²) >= 11 is 1.46. The Morgan fingerprint density at radius 1 is 1.22 bits per heavy atom. The molecule has 0 spiro atoms. The standard InChI is InChI=1S/C17H20N4OS/c1-11-9-13-14-15(23-16(13)19-12(11)2)17(22)21(10-18-14)8-7-20-5-3-4-6-20/h9-10H,3-8H2,1-2H3. The minimum Gasteiger partial charge on any atom is -0.302 e. The second kappa shape index (κ2) is 5.69. The third-order valence-corrected chi connectivity index (χ3v) is 5.81. The van der Waals surface area contributed by atoms with Gasteiger partial charge in [-0.3, -0.25) is 9.36 Å². The molecule has 1 aliphatic heterocycles. The summed E-state index contributed by atoms with van der Waals surface area (Å²) in [5, 5.41) is 0.997. The van der Waals surface area contributed by atoms with Gasteiger partial charge in [-0.1, -0.05) is 0 Å². The van der Waals surface area contributed by atoms with Crippen LogP contribution in [0.1, 0.15) is 24.1 Å². The smallest absolute Gasteiger partial charge is 0.271 e. The summed E-state index contributed by atoms with van der Waals surface area (Å²) in [6.07, 6.45) is 4.24. The van der Waals surface area contributed by atoms with Gasteiger partial charge in [0.05, 0.1) is 11.8 Å². The molecule has 0 aromatic carbocycles. The van der Waals surface area contributed by atoms with Crippen molar-refractivity contribution in [1.29, 1.82) is 0 Å². The second-order valence-electron chi connectivity index (χ2n) is 6.32. The highest BCUT2D eigenvalue weighted by molar-refractivity contribution is 7.25. The molecule has 0 aliphatic carbocycles. The molecule has 0 amide bonds.